The number of hydrogen-bond donors (Lipinski definition) is 1. The Bertz CT molecular complexity index is 784. The Morgan fingerprint density at radius 3 is 2.71 bits per heavy atom. The average Bonchev–Trinajstić information content (AvgIpc) is 3.16. The maximum absolute atomic E-state index is 12.6. The molecule has 2 aromatic heterocycles. The lowest BCUT2D eigenvalue weighted by Gasteiger charge is -2.16. The molecule has 4 heteroatoms. The molecule has 0 aliphatic heterocycles. The Labute approximate surface area is 146 Å². The molecular formula is C20H20N2OS. The minimum absolute atomic E-state index is 0.0591. The van der Waals surface area contributed by atoms with Crippen LogP contribution in [0.15, 0.2) is 65.5 Å². The Morgan fingerprint density at radius 2 is 2.00 bits per heavy atom. The second-order valence-corrected chi connectivity index (χ2v) is 6.39. The van der Waals surface area contributed by atoms with Gasteiger partial charge in [-0.2, -0.15) is 11.3 Å². The number of nitrogens with one attached hydrogen (secondary N) is 1. The molecule has 3 aromatic rings. The third-order valence-electron chi connectivity index (χ3n) is 4.07. The molecule has 1 atom stereocenters. The highest BCUT2D eigenvalue weighted by atomic mass is 32.1. The molecule has 0 aliphatic carbocycles. The molecule has 2 heterocycles. The van der Waals surface area contributed by atoms with Gasteiger partial charge in [-0.15, -0.1) is 0 Å². The summed E-state index contributed by atoms with van der Waals surface area (Å²) in [6.07, 6.45) is 2.57. The number of benzene rings is 1. The van der Waals surface area contributed by atoms with Gasteiger partial charge >= 0.3 is 0 Å². The van der Waals surface area contributed by atoms with Crippen LogP contribution in [0.25, 0.3) is 11.3 Å². The van der Waals surface area contributed by atoms with E-state index in [-0.39, 0.29) is 11.8 Å². The van der Waals surface area contributed by atoms with E-state index in [0.29, 0.717) is 6.54 Å². The minimum Gasteiger partial charge on any atom is -0.351 e. The number of carbonyl (C=O) groups is 1. The van der Waals surface area contributed by atoms with Crippen LogP contribution in [0.4, 0.5) is 0 Å². The zero-order valence-electron chi connectivity index (χ0n) is 13.6. The number of rotatable bonds is 6. The van der Waals surface area contributed by atoms with Crippen molar-refractivity contribution >= 4 is 17.2 Å². The topological polar surface area (TPSA) is 42.0 Å². The first-order chi connectivity index (χ1) is 11.8. The van der Waals surface area contributed by atoms with E-state index >= 15 is 0 Å². The molecule has 0 saturated carbocycles. The van der Waals surface area contributed by atoms with E-state index in [0.717, 1.165) is 28.8 Å². The van der Waals surface area contributed by atoms with E-state index in [4.69, 9.17) is 0 Å². The zero-order chi connectivity index (χ0) is 16.8. The summed E-state index contributed by atoms with van der Waals surface area (Å²) in [5.74, 6) is -0.0590. The predicted octanol–water partition coefficient (Wildman–Crippen LogP) is 4.62. The first kappa shape index (κ1) is 16.4. The fraction of sp³-hybridized carbons (Fsp3) is 0.200. The minimum atomic E-state index is -0.118. The molecule has 0 fully saturated rings. The number of pyridine rings is 1. The summed E-state index contributed by atoms with van der Waals surface area (Å²) in [5, 5.41) is 7.19. The lowest BCUT2D eigenvalue weighted by molar-refractivity contribution is -0.122. The molecule has 0 saturated heterocycles. The van der Waals surface area contributed by atoms with Crippen LogP contribution in [-0.2, 0) is 11.3 Å². The van der Waals surface area contributed by atoms with Crippen molar-refractivity contribution in [2.75, 3.05) is 0 Å². The molecule has 1 amide bonds. The second-order valence-electron chi connectivity index (χ2n) is 5.61. The summed E-state index contributed by atoms with van der Waals surface area (Å²) in [4.78, 5) is 17.1. The van der Waals surface area contributed by atoms with E-state index in [1.54, 1.807) is 17.5 Å². The van der Waals surface area contributed by atoms with Crippen LogP contribution in [0.2, 0.25) is 0 Å². The monoisotopic (exact) mass is 336 g/mol. The molecule has 0 bridgehead atoms. The standard InChI is InChI=1S/C20H20N2OS/c1-2-18(15-7-4-3-5-8-15)20(23)22-13-16-9-6-11-21-19(16)17-10-12-24-14-17/h3-12,14,18H,2,13H2,1H3,(H,22,23). The Kier molecular flexibility index (Phi) is 5.39. The maximum atomic E-state index is 12.6. The molecule has 1 aromatic carbocycles. The van der Waals surface area contributed by atoms with Crippen molar-refractivity contribution in [3.63, 3.8) is 0 Å². The van der Waals surface area contributed by atoms with Crippen molar-refractivity contribution in [2.45, 2.75) is 25.8 Å². The van der Waals surface area contributed by atoms with Gasteiger partial charge < -0.3 is 5.32 Å². The SMILES string of the molecule is CCC(C(=O)NCc1cccnc1-c1ccsc1)c1ccccc1. The predicted molar refractivity (Wildman–Crippen MR) is 98.9 cm³/mol. The van der Waals surface area contributed by atoms with E-state index in [9.17, 15) is 4.79 Å². The molecule has 3 nitrogen and oxygen atoms in total. The van der Waals surface area contributed by atoms with Gasteiger partial charge in [-0.1, -0.05) is 43.3 Å². The number of hydrogen-bond acceptors (Lipinski definition) is 3. The largest absolute Gasteiger partial charge is 0.351 e. The summed E-state index contributed by atoms with van der Waals surface area (Å²) < 4.78 is 0. The normalized spacial score (nSPS) is 11.9. The smallest absolute Gasteiger partial charge is 0.227 e. The van der Waals surface area contributed by atoms with Crippen molar-refractivity contribution in [2.24, 2.45) is 0 Å². The van der Waals surface area contributed by atoms with E-state index in [1.165, 1.54) is 0 Å². The van der Waals surface area contributed by atoms with Crippen LogP contribution in [0.3, 0.4) is 0 Å². The highest BCUT2D eigenvalue weighted by molar-refractivity contribution is 7.08. The Balaban J connectivity index is 1.73. The highest BCUT2D eigenvalue weighted by Crippen LogP contribution is 2.24. The van der Waals surface area contributed by atoms with Crippen LogP contribution in [0.5, 0.6) is 0 Å². The lowest BCUT2D eigenvalue weighted by Crippen LogP contribution is -2.29. The number of nitrogens with zero attached hydrogens (tertiary/aromatic N) is 1. The molecule has 1 N–H and O–H groups in total. The van der Waals surface area contributed by atoms with E-state index in [2.05, 4.69) is 21.7 Å². The van der Waals surface area contributed by atoms with Crippen molar-refractivity contribution in [1.29, 1.82) is 0 Å². The van der Waals surface area contributed by atoms with E-state index < -0.39 is 0 Å². The fourth-order valence-corrected chi connectivity index (χ4v) is 3.44. The van der Waals surface area contributed by atoms with Gasteiger partial charge in [0.2, 0.25) is 5.91 Å². The first-order valence-corrected chi connectivity index (χ1v) is 9.03. The van der Waals surface area contributed by atoms with Gasteiger partial charge in [0.25, 0.3) is 0 Å². The van der Waals surface area contributed by atoms with Gasteiger partial charge in [-0.3, -0.25) is 9.78 Å². The summed E-state index contributed by atoms with van der Waals surface area (Å²) in [7, 11) is 0. The molecule has 122 valence electrons. The summed E-state index contributed by atoms with van der Waals surface area (Å²) in [5.41, 5.74) is 4.13. The van der Waals surface area contributed by atoms with Gasteiger partial charge in [0.1, 0.15) is 0 Å². The summed E-state index contributed by atoms with van der Waals surface area (Å²) >= 11 is 1.65. The molecule has 3 rings (SSSR count). The van der Waals surface area contributed by atoms with Crippen LogP contribution < -0.4 is 5.32 Å². The number of carbonyl (C=O) groups excluding carboxylic acids is 1. The van der Waals surface area contributed by atoms with Crippen molar-refractivity contribution in [3.05, 3.63) is 76.6 Å². The van der Waals surface area contributed by atoms with Crippen LogP contribution in [-0.4, -0.2) is 10.9 Å². The fourth-order valence-electron chi connectivity index (χ4n) is 2.80. The van der Waals surface area contributed by atoms with E-state index in [1.807, 2.05) is 54.8 Å². The third kappa shape index (κ3) is 3.71. The summed E-state index contributed by atoms with van der Waals surface area (Å²) in [6.45, 7) is 2.53. The highest BCUT2D eigenvalue weighted by Gasteiger charge is 2.18. The van der Waals surface area contributed by atoms with Gasteiger partial charge in [-0.05, 0) is 35.1 Å². The number of thiophene rings is 1. The van der Waals surface area contributed by atoms with Gasteiger partial charge in [0.15, 0.2) is 0 Å². The summed E-state index contributed by atoms with van der Waals surface area (Å²) in [6, 6.07) is 15.9. The van der Waals surface area contributed by atoms with Crippen LogP contribution in [0, 0.1) is 0 Å². The van der Waals surface area contributed by atoms with Crippen molar-refractivity contribution in [1.82, 2.24) is 10.3 Å². The second kappa shape index (κ2) is 7.88. The third-order valence-corrected chi connectivity index (χ3v) is 4.75. The quantitative estimate of drug-likeness (QED) is 0.713. The lowest BCUT2D eigenvalue weighted by atomic mass is 9.95. The molecule has 0 aliphatic rings. The molecule has 1 unspecified atom stereocenters. The number of amides is 1. The molecule has 0 radical (unpaired) electrons. The first-order valence-electron chi connectivity index (χ1n) is 8.08. The zero-order valence-corrected chi connectivity index (χ0v) is 14.4. The Morgan fingerprint density at radius 1 is 1.17 bits per heavy atom. The van der Waals surface area contributed by atoms with Crippen LogP contribution >= 0.6 is 11.3 Å². The van der Waals surface area contributed by atoms with Gasteiger partial charge in [-0.25, -0.2) is 0 Å². The molecular weight excluding hydrogens is 316 g/mol. The van der Waals surface area contributed by atoms with Crippen molar-refractivity contribution < 1.29 is 4.79 Å². The number of aromatic nitrogens is 1. The molecule has 24 heavy (non-hydrogen) atoms. The maximum Gasteiger partial charge on any atom is 0.227 e. The Hall–Kier alpha value is -2.46. The van der Waals surface area contributed by atoms with Gasteiger partial charge in [0.05, 0.1) is 11.6 Å². The average molecular weight is 336 g/mol. The molecule has 0 spiro atoms. The van der Waals surface area contributed by atoms with Gasteiger partial charge in [0, 0.05) is 23.7 Å². The van der Waals surface area contributed by atoms with Crippen LogP contribution in [0.1, 0.15) is 30.4 Å². The van der Waals surface area contributed by atoms with Crippen molar-refractivity contribution in [3.8, 4) is 11.3 Å².